The lowest BCUT2D eigenvalue weighted by molar-refractivity contribution is 0.0846. The molecule has 0 radical (unpaired) electrons. The van der Waals surface area contributed by atoms with Crippen molar-refractivity contribution in [1.29, 1.82) is 0 Å². The van der Waals surface area contributed by atoms with Gasteiger partial charge < -0.3 is 9.26 Å². The Labute approximate surface area is 170 Å². The van der Waals surface area contributed by atoms with Crippen molar-refractivity contribution < 1.29 is 18.8 Å². The molecule has 0 spiro atoms. The van der Waals surface area contributed by atoms with Crippen LogP contribution in [0.2, 0.25) is 0 Å². The fraction of sp³-hybridized carbons (Fsp3) is 0.150. The molecule has 8 heteroatoms. The third-order valence-electron chi connectivity index (χ3n) is 4.09. The molecule has 0 aliphatic heterocycles. The predicted octanol–water partition coefficient (Wildman–Crippen LogP) is 3.71. The summed E-state index contributed by atoms with van der Waals surface area (Å²) >= 11 is 3.30. The van der Waals surface area contributed by atoms with Crippen LogP contribution in [0.3, 0.4) is 0 Å². The largest absolute Gasteiger partial charge is 0.489 e. The van der Waals surface area contributed by atoms with Gasteiger partial charge in [0.05, 0.1) is 16.8 Å². The zero-order valence-electron chi connectivity index (χ0n) is 15.3. The Bertz CT molecular complexity index is 979. The first-order valence-electron chi connectivity index (χ1n) is 8.45. The summed E-state index contributed by atoms with van der Waals surface area (Å²) in [4.78, 5) is 24.3. The highest BCUT2D eigenvalue weighted by molar-refractivity contribution is 9.10. The van der Waals surface area contributed by atoms with E-state index in [0.29, 0.717) is 33.7 Å². The number of carbonyl (C=O) groups excluding carboxylic acids is 2. The number of nitrogens with zero attached hydrogens (tertiary/aromatic N) is 1. The van der Waals surface area contributed by atoms with E-state index in [1.165, 1.54) is 0 Å². The summed E-state index contributed by atoms with van der Waals surface area (Å²) in [5.74, 6) is 0.473. The minimum atomic E-state index is -0.433. The van der Waals surface area contributed by atoms with Gasteiger partial charge in [-0.3, -0.25) is 20.4 Å². The zero-order valence-corrected chi connectivity index (χ0v) is 16.9. The van der Waals surface area contributed by atoms with E-state index in [1.807, 2.05) is 13.8 Å². The summed E-state index contributed by atoms with van der Waals surface area (Å²) in [6.07, 6.45) is 0. The Morgan fingerprint density at radius 1 is 1.04 bits per heavy atom. The quantitative estimate of drug-likeness (QED) is 0.586. The van der Waals surface area contributed by atoms with E-state index in [9.17, 15) is 9.59 Å². The van der Waals surface area contributed by atoms with Crippen LogP contribution in [0.1, 0.15) is 37.7 Å². The van der Waals surface area contributed by atoms with Crippen LogP contribution < -0.4 is 15.6 Å². The lowest BCUT2D eigenvalue weighted by Crippen LogP contribution is -2.41. The Morgan fingerprint density at radius 2 is 1.71 bits per heavy atom. The summed E-state index contributed by atoms with van der Waals surface area (Å²) in [7, 11) is 0. The van der Waals surface area contributed by atoms with Gasteiger partial charge in [-0.1, -0.05) is 17.3 Å². The number of benzene rings is 2. The van der Waals surface area contributed by atoms with Gasteiger partial charge in [-0.05, 0) is 66.2 Å². The van der Waals surface area contributed by atoms with Crippen LogP contribution in [-0.2, 0) is 6.61 Å². The molecule has 0 atom stereocenters. The normalized spacial score (nSPS) is 10.4. The third-order valence-corrected chi connectivity index (χ3v) is 4.78. The van der Waals surface area contributed by atoms with Crippen LogP contribution in [0.5, 0.6) is 5.75 Å². The number of hydrogen-bond acceptors (Lipinski definition) is 5. The second kappa shape index (κ2) is 8.71. The Hall–Kier alpha value is -3.13. The number of hydrazine groups is 1. The highest BCUT2D eigenvalue weighted by atomic mass is 79.9. The molecular weight excluding hydrogens is 426 g/mol. The molecule has 0 saturated carbocycles. The number of aryl methyl sites for hydroxylation is 2. The maximum absolute atomic E-state index is 12.2. The van der Waals surface area contributed by atoms with Crippen molar-refractivity contribution in [3.05, 3.63) is 81.1 Å². The summed E-state index contributed by atoms with van der Waals surface area (Å²) < 4.78 is 11.4. The first-order chi connectivity index (χ1) is 13.5. The molecule has 0 fully saturated rings. The molecule has 1 heterocycles. The van der Waals surface area contributed by atoms with Gasteiger partial charge in [-0.15, -0.1) is 0 Å². The van der Waals surface area contributed by atoms with Crippen LogP contribution >= 0.6 is 15.9 Å². The molecule has 3 rings (SSSR count). The van der Waals surface area contributed by atoms with Crippen molar-refractivity contribution in [2.45, 2.75) is 20.5 Å². The lowest BCUT2D eigenvalue weighted by atomic mass is 10.2. The summed E-state index contributed by atoms with van der Waals surface area (Å²) in [5, 5.41) is 3.88. The van der Waals surface area contributed by atoms with E-state index in [-0.39, 0.29) is 0 Å². The van der Waals surface area contributed by atoms with Gasteiger partial charge in [0, 0.05) is 10.0 Å². The fourth-order valence-electron chi connectivity index (χ4n) is 2.46. The molecule has 2 N–H and O–H groups in total. The molecule has 0 aliphatic carbocycles. The molecule has 0 bridgehead atoms. The van der Waals surface area contributed by atoms with E-state index in [2.05, 4.69) is 31.9 Å². The molecule has 1 aromatic heterocycles. The van der Waals surface area contributed by atoms with Gasteiger partial charge in [0.1, 0.15) is 18.1 Å². The fourth-order valence-corrected chi connectivity index (χ4v) is 2.93. The molecule has 7 nitrogen and oxygen atoms in total. The first-order valence-corrected chi connectivity index (χ1v) is 9.25. The SMILES string of the molecule is Cc1noc(C)c1COc1ccc(C(=O)NNC(=O)c2ccccc2Br)cc1. The highest BCUT2D eigenvalue weighted by Gasteiger charge is 2.12. The standard InChI is InChI=1S/C20H18BrN3O4/c1-12-17(13(2)28-24-12)11-27-15-9-7-14(8-10-15)19(25)22-23-20(26)16-5-3-4-6-18(16)21/h3-10H,11H2,1-2H3,(H,22,25)(H,23,26). The topological polar surface area (TPSA) is 93.5 Å². The lowest BCUT2D eigenvalue weighted by Gasteiger charge is -2.09. The maximum Gasteiger partial charge on any atom is 0.270 e. The molecule has 2 aromatic carbocycles. The number of carbonyl (C=O) groups is 2. The second-order valence-corrected chi connectivity index (χ2v) is 6.86. The van der Waals surface area contributed by atoms with Crippen LogP contribution in [0, 0.1) is 13.8 Å². The number of aromatic nitrogens is 1. The summed E-state index contributed by atoms with van der Waals surface area (Å²) in [6.45, 7) is 4.01. The number of ether oxygens (including phenoxy) is 1. The number of hydrogen-bond donors (Lipinski definition) is 2. The molecule has 0 saturated heterocycles. The van der Waals surface area contributed by atoms with Crippen molar-refractivity contribution >= 4 is 27.7 Å². The predicted molar refractivity (Wildman–Crippen MR) is 106 cm³/mol. The molecule has 2 amide bonds. The van der Waals surface area contributed by atoms with Gasteiger partial charge in [0.2, 0.25) is 0 Å². The van der Waals surface area contributed by atoms with E-state index < -0.39 is 11.8 Å². The van der Waals surface area contributed by atoms with Crippen LogP contribution in [0.25, 0.3) is 0 Å². The molecule has 3 aromatic rings. The van der Waals surface area contributed by atoms with Gasteiger partial charge in [-0.2, -0.15) is 0 Å². The maximum atomic E-state index is 12.2. The smallest absolute Gasteiger partial charge is 0.270 e. The Balaban J connectivity index is 1.55. The van der Waals surface area contributed by atoms with Crippen molar-refractivity contribution in [2.75, 3.05) is 0 Å². The van der Waals surface area contributed by atoms with Crippen LogP contribution in [0.4, 0.5) is 0 Å². The van der Waals surface area contributed by atoms with E-state index in [4.69, 9.17) is 9.26 Å². The number of amides is 2. The van der Waals surface area contributed by atoms with Crippen molar-refractivity contribution in [3.63, 3.8) is 0 Å². The molecule has 0 aliphatic rings. The van der Waals surface area contributed by atoms with E-state index >= 15 is 0 Å². The zero-order chi connectivity index (χ0) is 20.1. The average Bonchev–Trinajstić information content (AvgIpc) is 3.02. The summed E-state index contributed by atoms with van der Waals surface area (Å²) in [5.41, 5.74) is 7.28. The molecule has 144 valence electrons. The van der Waals surface area contributed by atoms with Crippen molar-refractivity contribution in [3.8, 4) is 5.75 Å². The third kappa shape index (κ3) is 4.58. The monoisotopic (exact) mass is 443 g/mol. The van der Waals surface area contributed by atoms with Gasteiger partial charge >= 0.3 is 0 Å². The highest BCUT2D eigenvalue weighted by Crippen LogP contribution is 2.18. The summed E-state index contributed by atoms with van der Waals surface area (Å²) in [6, 6.07) is 13.5. The van der Waals surface area contributed by atoms with Gasteiger partial charge in [0.25, 0.3) is 11.8 Å². The Kier molecular flexibility index (Phi) is 6.10. The van der Waals surface area contributed by atoms with Gasteiger partial charge in [-0.25, -0.2) is 0 Å². The number of halogens is 1. The van der Waals surface area contributed by atoms with Crippen molar-refractivity contribution in [2.24, 2.45) is 0 Å². The number of rotatable bonds is 5. The molecule has 28 heavy (non-hydrogen) atoms. The van der Waals surface area contributed by atoms with Crippen LogP contribution in [0.15, 0.2) is 57.5 Å². The van der Waals surface area contributed by atoms with E-state index in [0.717, 1.165) is 11.3 Å². The van der Waals surface area contributed by atoms with E-state index in [1.54, 1.807) is 48.5 Å². The van der Waals surface area contributed by atoms with Crippen molar-refractivity contribution in [1.82, 2.24) is 16.0 Å². The minimum absolute atomic E-state index is 0.328. The Morgan fingerprint density at radius 3 is 2.36 bits per heavy atom. The number of nitrogens with one attached hydrogen (secondary N) is 2. The molecular formula is C20H18BrN3O4. The van der Waals surface area contributed by atoms with Gasteiger partial charge in [0.15, 0.2) is 0 Å². The molecule has 0 unspecified atom stereocenters. The minimum Gasteiger partial charge on any atom is -0.489 e. The average molecular weight is 444 g/mol. The van der Waals surface area contributed by atoms with Crippen LogP contribution in [-0.4, -0.2) is 17.0 Å². The second-order valence-electron chi connectivity index (χ2n) is 6.00. The first kappa shape index (κ1) is 19.6.